The number of aromatic amines is 1. The summed E-state index contributed by atoms with van der Waals surface area (Å²) in [6.45, 7) is 2.47. The SMILES string of the molecule is CC(=O)C1CCCN(S(=O)(=O)C[C@H]2CC[C@H](N(C)c3ncnc4[nH]ccc34)CC2)C1. The number of aromatic nitrogens is 3. The summed E-state index contributed by atoms with van der Waals surface area (Å²) in [6, 6.07) is 2.33. The second kappa shape index (κ2) is 8.63. The number of H-pyrrole nitrogens is 1. The Bertz CT molecular complexity index is 997. The predicted octanol–water partition coefficient (Wildman–Crippen LogP) is 2.58. The fraction of sp³-hybridized carbons (Fsp3) is 0.667. The summed E-state index contributed by atoms with van der Waals surface area (Å²) in [5.41, 5.74) is 0.831. The topological polar surface area (TPSA) is 99.3 Å². The maximum atomic E-state index is 13.0. The lowest BCUT2D eigenvalue weighted by atomic mass is 9.86. The standard InChI is InChI=1S/C21H31N5O3S/c1-15(27)17-4-3-11-26(12-17)30(28,29)13-16-5-7-18(8-6-16)25(2)21-19-9-10-22-20(19)23-14-24-21/h9-10,14,16-18H,3-8,11-13H2,1-2H3,(H,22,23,24)/t16-,17?,18-. The summed E-state index contributed by atoms with van der Waals surface area (Å²) in [5.74, 6) is 1.25. The molecule has 2 aliphatic rings. The average molecular weight is 434 g/mol. The third-order valence-corrected chi connectivity index (χ3v) is 8.84. The number of nitrogens with one attached hydrogen (secondary N) is 1. The maximum Gasteiger partial charge on any atom is 0.214 e. The third kappa shape index (κ3) is 4.37. The highest BCUT2D eigenvalue weighted by molar-refractivity contribution is 7.89. The molecule has 4 rings (SSSR count). The lowest BCUT2D eigenvalue weighted by molar-refractivity contribution is -0.121. The monoisotopic (exact) mass is 433 g/mol. The molecule has 0 aromatic carbocycles. The molecule has 1 N–H and O–H groups in total. The molecular weight excluding hydrogens is 402 g/mol. The van der Waals surface area contributed by atoms with E-state index in [-0.39, 0.29) is 23.4 Å². The molecule has 2 aromatic rings. The number of Topliss-reactive ketones (excluding diaryl/α,β-unsaturated/α-hetero) is 1. The fourth-order valence-corrected chi connectivity index (χ4v) is 6.90. The Labute approximate surface area is 178 Å². The predicted molar refractivity (Wildman–Crippen MR) is 117 cm³/mol. The lowest BCUT2D eigenvalue weighted by Gasteiger charge is -2.36. The molecule has 8 nitrogen and oxygen atoms in total. The molecule has 164 valence electrons. The number of ketones is 1. The Morgan fingerprint density at radius 3 is 2.73 bits per heavy atom. The highest BCUT2D eigenvalue weighted by atomic mass is 32.2. The van der Waals surface area contributed by atoms with Gasteiger partial charge in [-0.15, -0.1) is 0 Å². The molecule has 0 amide bonds. The number of hydrogen-bond donors (Lipinski definition) is 1. The van der Waals surface area contributed by atoms with E-state index >= 15 is 0 Å². The third-order valence-electron chi connectivity index (χ3n) is 6.83. The van der Waals surface area contributed by atoms with Gasteiger partial charge >= 0.3 is 0 Å². The molecule has 0 bridgehead atoms. The van der Waals surface area contributed by atoms with Gasteiger partial charge in [0.2, 0.25) is 10.0 Å². The second-order valence-corrected chi connectivity index (χ2v) is 10.8. The van der Waals surface area contributed by atoms with Crippen LogP contribution in [0.15, 0.2) is 18.6 Å². The summed E-state index contributed by atoms with van der Waals surface area (Å²) in [4.78, 5) is 25.8. The molecule has 1 atom stereocenters. The van der Waals surface area contributed by atoms with Crippen LogP contribution >= 0.6 is 0 Å². The first-order valence-electron chi connectivity index (χ1n) is 10.8. The van der Waals surface area contributed by atoms with Gasteiger partial charge < -0.3 is 9.88 Å². The van der Waals surface area contributed by atoms with Gasteiger partial charge in [0.25, 0.3) is 0 Å². The van der Waals surface area contributed by atoms with Crippen molar-refractivity contribution in [1.82, 2.24) is 19.3 Å². The van der Waals surface area contributed by atoms with Crippen molar-refractivity contribution in [2.24, 2.45) is 11.8 Å². The summed E-state index contributed by atoms with van der Waals surface area (Å²) in [6.07, 6.45) is 8.69. The Balaban J connectivity index is 1.35. The lowest BCUT2D eigenvalue weighted by Crippen LogP contribution is -2.44. The van der Waals surface area contributed by atoms with Crippen molar-refractivity contribution in [1.29, 1.82) is 0 Å². The van der Waals surface area contributed by atoms with Gasteiger partial charge in [-0.05, 0) is 57.4 Å². The van der Waals surface area contributed by atoms with E-state index in [1.807, 2.05) is 12.3 Å². The van der Waals surface area contributed by atoms with Crippen molar-refractivity contribution in [3.05, 3.63) is 18.6 Å². The van der Waals surface area contributed by atoms with E-state index in [0.717, 1.165) is 55.4 Å². The van der Waals surface area contributed by atoms with E-state index < -0.39 is 10.0 Å². The smallest absolute Gasteiger partial charge is 0.214 e. The number of piperidine rings is 1. The first-order valence-corrected chi connectivity index (χ1v) is 12.5. The molecule has 2 aromatic heterocycles. The van der Waals surface area contributed by atoms with Crippen molar-refractivity contribution in [2.45, 2.75) is 51.5 Å². The molecule has 30 heavy (non-hydrogen) atoms. The molecule has 1 unspecified atom stereocenters. The number of rotatable bonds is 6. The number of fused-ring (bicyclic) bond motifs is 1. The molecule has 1 saturated heterocycles. The minimum atomic E-state index is -3.32. The van der Waals surface area contributed by atoms with Gasteiger partial charge in [-0.3, -0.25) is 4.79 Å². The Kier molecular flexibility index (Phi) is 6.11. The summed E-state index contributed by atoms with van der Waals surface area (Å²) in [5, 5.41) is 1.01. The van der Waals surface area contributed by atoms with Gasteiger partial charge in [0.05, 0.1) is 11.1 Å². The zero-order chi connectivity index (χ0) is 21.3. The number of hydrogen-bond acceptors (Lipinski definition) is 6. The largest absolute Gasteiger partial charge is 0.356 e. The van der Waals surface area contributed by atoms with Crippen LogP contribution in [0.2, 0.25) is 0 Å². The normalized spacial score (nSPS) is 26.0. The van der Waals surface area contributed by atoms with Crippen LogP contribution in [0.1, 0.15) is 45.4 Å². The van der Waals surface area contributed by atoms with E-state index in [2.05, 4.69) is 26.9 Å². The van der Waals surface area contributed by atoms with Crippen LogP contribution in [0, 0.1) is 11.8 Å². The van der Waals surface area contributed by atoms with E-state index in [4.69, 9.17) is 0 Å². The zero-order valence-electron chi connectivity index (χ0n) is 17.7. The van der Waals surface area contributed by atoms with Crippen molar-refractivity contribution in [3.63, 3.8) is 0 Å². The highest BCUT2D eigenvalue weighted by Crippen LogP contribution is 2.33. The van der Waals surface area contributed by atoms with Gasteiger partial charge in [0, 0.05) is 38.3 Å². The number of carbonyl (C=O) groups is 1. The van der Waals surface area contributed by atoms with Gasteiger partial charge in [-0.2, -0.15) is 0 Å². The second-order valence-electron chi connectivity index (χ2n) is 8.81. The Morgan fingerprint density at radius 1 is 1.23 bits per heavy atom. The van der Waals surface area contributed by atoms with E-state index in [1.54, 1.807) is 17.6 Å². The van der Waals surface area contributed by atoms with Gasteiger partial charge in [-0.1, -0.05) is 0 Å². The highest BCUT2D eigenvalue weighted by Gasteiger charge is 2.34. The number of nitrogens with zero attached hydrogens (tertiary/aromatic N) is 4. The van der Waals surface area contributed by atoms with Crippen LogP contribution in [0.4, 0.5) is 5.82 Å². The summed E-state index contributed by atoms with van der Waals surface area (Å²) in [7, 11) is -1.26. The van der Waals surface area contributed by atoms with Crippen molar-refractivity contribution in [3.8, 4) is 0 Å². The van der Waals surface area contributed by atoms with Crippen molar-refractivity contribution in [2.75, 3.05) is 30.8 Å². The molecule has 1 saturated carbocycles. The minimum absolute atomic E-state index is 0.0969. The van der Waals surface area contributed by atoms with Crippen LogP contribution in [0.5, 0.6) is 0 Å². The van der Waals surface area contributed by atoms with E-state index in [1.165, 1.54) is 0 Å². The van der Waals surface area contributed by atoms with Gasteiger partial charge in [-0.25, -0.2) is 22.7 Å². The van der Waals surface area contributed by atoms with Gasteiger partial charge in [0.1, 0.15) is 23.6 Å². The Morgan fingerprint density at radius 2 is 2.00 bits per heavy atom. The first-order chi connectivity index (χ1) is 14.3. The molecule has 0 spiro atoms. The average Bonchev–Trinajstić information content (AvgIpc) is 3.22. The van der Waals surface area contributed by atoms with Crippen LogP contribution in [-0.4, -0.2) is 65.4 Å². The summed E-state index contributed by atoms with van der Waals surface area (Å²) < 4.78 is 27.5. The van der Waals surface area contributed by atoms with Gasteiger partial charge in [0.15, 0.2) is 0 Å². The first kappa shape index (κ1) is 21.2. The van der Waals surface area contributed by atoms with E-state index in [9.17, 15) is 13.2 Å². The van der Waals surface area contributed by atoms with Crippen LogP contribution in [-0.2, 0) is 14.8 Å². The van der Waals surface area contributed by atoms with Crippen LogP contribution in [0.3, 0.4) is 0 Å². The maximum absolute atomic E-state index is 13.0. The number of anilines is 1. The molecule has 2 fully saturated rings. The molecule has 0 radical (unpaired) electrons. The van der Waals surface area contributed by atoms with Crippen molar-refractivity contribution < 1.29 is 13.2 Å². The van der Waals surface area contributed by atoms with Crippen LogP contribution < -0.4 is 4.90 Å². The van der Waals surface area contributed by atoms with Crippen molar-refractivity contribution >= 4 is 32.7 Å². The van der Waals surface area contributed by atoms with E-state index in [0.29, 0.717) is 19.1 Å². The quantitative estimate of drug-likeness (QED) is 0.752. The molecule has 1 aliphatic carbocycles. The zero-order valence-corrected chi connectivity index (χ0v) is 18.6. The molecular formula is C21H31N5O3S. The molecule has 9 heteroatoms. The fourth-order valence-electron chi connectivity index (χ4n) is 4.94. The van der Waals surface area contributed by atoms with Crippen LogP contribution in [0.25, 0.3) is 11.0 Å². The Hall–Kier alpha value is -2.00. The molecule has 3 heterocycles. The number of sulfonamides is 1. The number of carbonyl (C=O) groups excluding carboxylic acids is 1. The minimum Gasteiger partial charge on any atom is -0.356 e. The summed E-state index contributed by atoms with van der Waals surface area (Å²) >= 11 is 0. The molecule has 1 aliphatic heterocycles.